The average molecular weight is 262 g/mol. The van der Waals surface area contributed by atoms with Crippen molar-refractivity contribution in [2.24, 2.45) is 0 Å². The summed E-state index contributed by atoms with van der Waals surface area (Å²) in [7, 11) is 4.12. The van der Waals surface area contributed by atoms with Gasteiger partial charge in [-0.15, -0.1) is 0 Å². The van der Waals surface area contributed by atoms with Crippen molar-refractivity contribution in [2.75, 3.05) is 32.1 Å². The van der Waals surface area contributed by atoms with Crippen LogP contribution in [0.1, 0.15) is 28.8 Å². The van der Waals surface area contributed by atoms with Gasteiger partial charge in [-0.05, 0) is 45.5 Å². The SMILES string of the molecule is Cc1cccc(C(=O)O)c1N1CCCC1CN(C)C. The van der Waals surface area contributed by atoms with Gasteiger partial charge in [0, 0.05) is 19.1 Å². The second kappa shape index (κ2) is 5.61. The summed E-state index contributed by atoms with van der Waals surface area (Å²) in [5.41, 5.74) is 2.37. The van der Waals surface area contributed by atoms with E-state index in [0.29, 0.717) is 11.6 Å². The zero-order chi connectivity index (χ0) is 14.0. The zero-order valence-corrected chi connectivity index (χ0v) is 11.9. The number of benzene rings is 1. The van der Waals surface area contributed by atoms with Crippen LogP contribution in [0.15, 0.2) is 18.2 Å². The number of likely N-dealkylation sites (N-methyl/N-ethyl adjacent to an activating group) is 1. The maximum absolute atomic E-state index is 11.4. The summed E-state index contributed by atoms with van der Waals surface area (Å²) in [5, 5.41) is 9.38. The van der Waals surface area contributed by atoms with Crippen molar-refractivity contribution in [1.82, 2.24) is 4.90 Å². The van der Waals surface area contributed by atoms with Gasteiger partial charge < -0.3 is 14.9 Å². The van der Waals surface area contributed by atoms with Crippen molar-refractivity contribution < 1.29 is 9.90 Å². The average Bonchev–Trinajstić information content (AvgIpc) is 2.75. The van der Waals surface area contributed by atoms with Gasteiger partial charge in [0.15, 0.2) is 0 Å². The number of aromatic carboxylic acids is 1. The van der Waals surface area contributed by atoms with E-state index in [4.69, 9.17) is 0 Å². The molecular weight excluding hydrogens is 240 g/mol. The summed E-state index contributed by atoms with van der Waals surface area (Å²) in [6.07, 6.45) is 2.26. The highest BCUT2D eigenvalue weighted by atomic mass is 16.4. The van der Waals surface area contributed by atoms with Gasteiger partial charge in [0.25, 0.3) is 0 Å². The Bertz CT molecular complexity index is 471. The second-order valence-corrected chi connectivity index (χ2v) is 5.53. The smallest absolute Gasteiger partial charge is 0.337 e. The van der Waals surface area contributed by atoms with E-state index < -0.39 is 5.97 Å². The first-order valence-corrected chi connectivity index (χ1v) is 6.75. The van der Waals surface area contributed by atoms with Crippen molar-refractivity contribution in [3.8, 4) is 0 Å². The van der Waals surface area contributed by atoms with Gasteiger partial charge in [-0.1, -0.05) is 12.1 Å². The minimum Gasteiger partial charge on any atom is -0.478 e. The van der Waals surface area contributed by atoms with E-state index in [1.165, 1.54) is 0 Å². The van der Waals surface area contributed by atoms with Gasteiger partial charge in [0.1, 0.15) is 0 Å². The van der Waals surface area contributed by atoms with Crippen LogP contribution in [0.5, 0.6) is 0 Å². The molecule has 19 heavy (non-hydrogen) atoms. The number of carbonyl (C=O) groups is 1. The first-order chi connectivity index (χ1) is 9.00. The first kappa shape index (κ1) is 13.9. The molecule has 1 aromatic rings. The van der Waals surface area contributed by atoms with E-state index in [-0.39, 0.29) is 0 Å². The second-order valence-electron chi connectivity index (χ2n) is 5.53. The third-order valence-corrected chi connectivity index (χ3v) is 3.71. The van der Waals surface area contributed by atoms with Gasteiger partial charge in [-0.3, -0.25) is 0 Å². The molecule has 1 atom stereocenters. The van der Waals surface area contributed by atoms with Crippen LogP contribution < -0.4 is 4.90 Å². The van der Waals surface area contributed by atoms with E-state index in [1.807, 2.05) is 19.1 Å². The Kier molecular flexibility index (Phi) is 4.10. The van der Waals surface area contributed by atoms with Crippen molar-refractivity contribution in [1.29, 1.82) is 0 Å². The van der Waals surface area contributed by atoms with Crippen molar-refractivity contribution >= 4 is 11.7 Å². The van der Waals surface area contributed by atoms with Crippen LogP contribution in [0.3, 0.4) is 0 Å². The topological polar surface area (TPSA) is 43.8 Å². The number of rotatable bonds is 4. The van der Waals surface area contributed by atoms with Gasteiger partial charge in [-0.25, -0.2) is 4.79 Å². The lowest BCUT2D eigenvalue weighted by molar-refractivity contribution is 0.0697. The molecule has 1 aliphatic rings. The normalized spacial score (nSPS) is 19.2. The zero-order valence-electron chi connectivity index (χ0n) is 11.9. The Balaban J connectivity index is 2.37. The molecule has 0 bridgehead atoms. The monoisotopic (exact) mass is 262 g/mol. The number of aryl methyl sites for hydroxylation is 1. The summed E-state index contributed by atoms with van der Waals surface area (Å²) >= 11 is 0. The van der Waals surface area contributed by atoms with Crippen molar-refractivity contribution in [2.45, 2.75) is 25.8 Å². The molecule has 1 heterocycles. The van der Waals surface area contributed by atoms with E-state index in [9.17, 15) is 9.90 Å². The fraction of sp³-hybridized carbons (Fsp3) is 0.533. The molecule has 104 valence electrons. The molecule has 0 aromatic heterocycles. The molecule has 1 saturated heterocycles. The van der Waals surface area contributed by atoms with E-state index in [0.717, 1.165) is 37.2 Å². The first-order valence-electron chi connectivity index (χ1n) is 6.75. The fourth-order valence-electron chi connectivity index (χ4n) is 2.95. The molecule has 0 saturated carbocycles. The third kappa shape index (κ3) is 2.89. The molecule has 2 rings (SSSR count). The highest BCUT2D eigenvalue weighted by Gasteiger charge is 2.29. The number of carboxylic acids is 1. The third-order valence-electron chi connectivity index (χ3n) is 3.71. The number of nitrogens with zero attached hydrogens (tertiary/aromatic N) is 2. The van der Waals surface area contributed by atoms with E-state index in [2.05, 4.69) is 23.9 Å². The molecule has 1 aromatic carbocycles. The molecule has 0 spiro atoms. The predicted octanol–water partition coefficient (Wildman–Crippen LogP) is 2.22. The van der Waals surface area contributed by atoms with E-state index in [1.54, 1.807) is 6.07 Å². The van der Waals surface area contributed by atoms with Crippen molar-refractivity contribution in [3.05, 3.63) is 29.3 Å². The van der Waals surface area contributed by atoms with Crippen LogP contribution in [-0.2, 0) is 0 Å². The Labute approximate surface area is 114 Å². The van der Waals surface area contributed by atoms with Crippen LogP contribution in [-0.4, -0.2) is 49.2 Å². The highest BCUT2D eigenvalue weighted by molar-refractivity contribution is 5.95. The lowest BCUT2D eigenvalue weighted by Gasteiger charge is -2.31. The molecule has 0 aliphatic carbocycles. The number of carboxylic acid groups (broad SMARTS) is 1. The maximum Gasteiger partial charge on any atom is 0.337 e. The lowest BCUT2D eigenvalue weighted by Crippen LogP contribution is -2.38. The summed E-state index contributed by atoms with van der Waals surface area (Å²) < 4.78 is 0. The Morgan fingerprint density at radius 3 is 2.84 bits per heavy atom. The maximum atomic E-state index is 11.4. The number of para-hydroxylation sites is 1. The van der Waals surface area contributed by atoms with Gasteiger partial charge >= 0.3 is 5.97 Å². The van der Waals surface area contributed by atoms with Crippen LogP contribution in [0, 0.1) is 6.92 Å². The van der Waals surface area contributed by atoms with E-state index >= 15 is 0 Å². The van der Waals surface area contributed by atoms with Crippen LogP contribution in [0.4, 0.5) is 5.69 Å². The molecule has 1 aliphatic heterocycles. The summed E-state index contributed by atoms with van der Waals surface area (Å²) in [6, 6.07) is 5.93. The summed E-state index contributed by atoms with van der Waals surface area (Å²) in [4.78, 5) is 15.9. The number of hydrogen-bond donors (Lipinski definition) is 1. The predicted molar refractivity (Wildman–Crippen MR) is 77.1 cm³/mol. The molecule has 4 nitrogen and oxygen atoms in total. The molecule has 0 radical (unpaired) electrons. The van der Waals surface area contributed by atoms with Crippen LogP contribution in [0.25, 0.3) is 0 Å². The molecule has 1 fully saturated rings. The van der Waals surface area contributed by atoms with Gasteiger partial charge in [-0.2, -0.15) is 0 Å². The van der Waals surface area contributed by atoms with Gasteiger partial charge in [0.2, 0.25) is 0 Å². The molecule has 0 amide bonds. The lowest BCUT2D eigenvalue weighted by atomic mass is 10.1. The number of anilines is 1. The minimum absolute atomic E-state index is 0.411. The molecule has 1 unspecified atom stereocenters. The molecule has 4 heteroatoms. The quantitative estimate of drug-likeness (QED) is 0.903. The van der Waals surface area contributed by atoms with Crippen LogP contribution in [0.2, 0.25) is 0 Å². The summed E-state index contributed by atoms with van der Waals surface area (Å²) in [5.74, 6) is -0.839. The Morgan fingerprint density at radius 2 is 2.21 bits per heavy atom. The standard InChI is InChI=1S/C15H22N2O2/c1-11-6-4-8-13(15(18)19)14(11)17-9-5-7-12(17)10-16(2)3/h4,6,8,12H,5,7,9-10H2,1-3H3,(H,18,19). The minimum atomic E-state index is -0.839. The Morgan fingerprint density at radius 1 is 1.47 bits per heavy atom. The van der Waals surface area contributed by atoms with Crippen molar-refractivity contribution in [3.63, 3.8) is 0 Å². The fourth-order valence-corrected chi connectivity index (χ4v) is 2.95. The summed E-state index contributed by atoms with van der Waals surface area (Å²) in [6.45, 7) is 3.91. The Hall–Kier alpha value is -1.55. The van der Waals surface area contributed by atoms with Gasteiger partial charge in [0.05, 0.1) is 11.3 Å². The highest BCUT2D eigenvalue weighted by Crippen LogP contribution is 2.32. The molecular formula is C15H22N2O2. The van der Waals surface area contributed by atoms with Crippen LogP contribution >= 0.6 is 0 Å². The number of hydrogen-bond acceptors (Lipinski definition) is 3. The molecule has 1 N–H and O–H groups in total. The largest absolute Gasteiger partial charge is 0.478 e.